The molecule has 1 N–H and O–H groups in total. The fourth-order valence-electron chi connectivity index (χ4n) is 3.47. The lowest BCUT2D eigenvalue weighted by Crippen LogP contribution is -2.44. The van der Waals surface area contributed by atoms with Crippen molar-refractivity contribution in [1.82, 2.24) is 0 Å². The molecule has 1 aliphatic rings. The van der Waals surface area contributed by atoms with E-state index in [1.165, 1.54) is 5.56 Å². The summed E-state index contributed by atoms with van der Waals surface area (Å²) in [6.45, 7) is 3.78. The lowest BCUT2D eigenvalue weighted by atomic mass is 9.66. The molecule has 2 heteroatoms. The first kappa shape index (κ1) is 13.9. The lowest BCUT2D eigenvalue weighted by Gasteiger charge is -2.38. The molecule has 2 unspecified atom stereocenters. The molecule has 2 atom stereocenters. The van der Waals surface area contributed by atoms with Gasteiger partial charge in [-0.05, 0) is 43.4 Å². The van der Waals surface area contributed by atoms with Crippen LogP contribution < -0.4 is 0 Å². The van der Waals surface area contributed by atoms with Crippen LogP contribution in [0.3, 0.4) is 0 Å². The minimum Gasteiger partial charge on any atom is -0.383 e. The Labute approximate surface area is 125 Å². The highest BCUT2D eigenvalue weighted by Crippen LogP contribution is 2.50. The highest BCUT2D eigenvalue weighted by Gasteiger charge is 2.53. The van der Waals surface area contributed by atoms with Gasteiger partial charge in [0.15, 0.2) is 0 Å². The summed E-state index contributed by atoms with van der Waals surface area (Å²) in [6.07, 6.45) is 1.50. The fourth-order valence-corrected chi connectivity index (χ4v) is 3.47. The molecule has 0 fully saturated rings. The zero-order valence-corrected chi connectivity index (χ0v) is 12.4. The standard InChI is InChI=1S/C19H19NO/c1-14-7-9-16(10-8-14)18(2,21)19(13-20)12-11-15-5-3-4-6-17(15)19/h3-10,21H,11-12H2,1-2H3. The minimum atomic E-state index is -1.21. The van der Waals surface area contributed by atoms with E-state index in [1.807, 2.05) is 49.4 Å². The van der Waals surface area contributed by atoms with Crippen molar-refractivity contribution in [2.75, 3.05) is 0 Å². The summed E-state index contributed by atoms with van der Waals surface area (Å²) >= 11 is 0. The van der Waals surface area contributed by atoms with Crippen molar-refractivity contribution in [3.63, 3.8) is 0 Å². The molecule has 2 aromatic rings. The summed E-state index contributed by atoms with van der Waals surface area (Å²) in [5.41, 5.74) is 2.00. The molecule has 21 heavy (non-hydrogen) atoms. The molecular formula is C19H19NO. The van der Waals surface area contributed by atoms with Gasteiger partial charge in [0, 0.05) is 0 Å². The molecule has 3 rings (SSSR count). The summed E-state index contributed by atoms with van der Waals surface area (Å²) < 4.78 is 0. The Balaban J connectivity index is 2.17. The van der Waals surface area contributed by atoms with E-state index in [0.717, 1.165) is 23.1 Å². The Morgan fingerprint density at radius 1 is 1.14 bits per heavy atom. The highest BCUT2D eigenvalue weighted by atomic mass is 16.3. The average Bonchev–Trinajstić information content (AvgIpc) is 2.88. The van der Waals surface area contributed by atoms with Gasteiger partial charge in [-0.15, -0.1) is 0 Å². The summed E-state index contributed by atoms with van der Waals surface area (Å²) in [6, 6.07) is 18.2. The molecule has 106 valence electrons. The van der Waals surface area contributed by atoms with Gasteiger partial charge in [-0.25, -0.2) is 0 Å². The van der Waals surface area contributed by atoms with Crippen LogP contribution in [0.4, 0.5) is 0 Å². The zero-order valence-electron chi connectivity index (χ0n) is 12.4. The monoisotopic (exact) mass is 277 g/mol. The predicted molar refractivity (Wildman–Crippen MR) is 82.8 cm³/mol. The Kier molecular flexibility index (Phi) is 3.11. The van der Waals surface area contributed by atoms with Crippen molar-refractivity contribution in [2.45, 2.75) is 37.7 Å². The van der Waals surface area contributed by atoms with Crippen LogP contribution in [-0.2, 0) is 17.4 Å². The second kappa shape index (κ2) is 4.72. The fraction of sp³-hybridized carbons (Fsp3) is 0.316. The Hall–Kier alpha value is -2.11. The van der Waals surface area contributed by atoms with Crippen LogP contribution in [-0.4, -0.2) is 5.11 Å². The van der Waals surface area contributed by atoms with Crippen molar-refractivity contribution in [3.8, 4) is 6.07 Å². The topological polar surface area (TPSA) is 44.0 Å². The smallest absolute Gasteiger partial charge is 0.115 e. The number of benzene rings is 2. The maximum atomic E-state index is 11.3. The number of rotatable bonds is 2. The molecule has 0 amide bonds. The third kappa shape index (κ3) is 1.89. The molecule has 0 saturated carbocycles. The third-order valence-corrected chi connectivity index (χ3v) is 4.88. The molecule has 1 aliphatic carbocycles. The van der Waals surface area contributed by atoms with Gasteiger partial charge in [0.25, 0.3) is 0 Å². The van der Waals surface area contributed by atoms with Gasteiger partial charge < -0.3 is 5.11 Å². The average molecular weight is 277 g/mol. The van der Waals surface area contributed by atoms with Crippen molar-refractivity contribution in [3.05, 3.63) is 70.8 Å². The first-order valence-corrected chi connectivity index (χ1v) is 7.30. The quantitative estimate of drug-likeness (QED) is 0.911. The van der Waals surface area contributed by atoms with E-state index in [0.29, 0.717) is 6.42 Å². The van der Waals surface area contributed by atoms with Crippen molar-refractivity contribution >= 4 is 0 Å². The molecule has 0 heterocycles. The van der Waals surface area contributed by atoms with Gasteiger partial charge in [-0.1, -0.05) is 54.1 Å². The number of nitrogens with zero attached hydrogens (tertiary/aromatic N) is 1. The van der Waals surface area contributed by atoms with Crippen LogP contribution in [0.25, 0.3) is 0 Å². The van der Waals surface area contributed by atoms with Crippen LogP contribution in [0.2, 0.25) is 0 Å². The van der Waals surface area contributed by atoms with Crippen LogP contribution in [0, 0.1) is 18.3 Å². The van der Waals surface area contributed by atoms with E-state index >= 15 is 0 Å². The number of hydrogen-bond acceptors (Lipinski definition) is 2. The molecule has 0 saturated heterocycles. The normalized spacial score (nSPS) is 23.1. The molecule has 0 bridgehead atoms. The van der Waals surface area contributed by atoms with E-state index in [1.54, 1.807) is 6.92 Å². The first-order valence-electron chi connectivity index (χ1n) is 7.30. The summed E-state index contributed by atoms with van der Waals surface area (Å²) in [4.78, 5) is 0. The van der Waals surface area contributed by atoms with E-state index in [4.69, 9.17) is 0 Å². The zero-order chi connectivity index (χ0) is 15.1. The lowest BCUT2D eigenvalue weighted by molar-refractivity contribution is -0.00410. The van der Waals surface area contributed by atoms with Crippen LogP contribution in [0.15, 0.2) is 48.5 Å². The molecule has 0 spiro atoms. The van der Waals surface area contributed by atoms with Crippen molar-refractivity contribution in [2.24, 2.45) is 0 Å². The molecule has 0 radical (unpaired) electrons. The van der Waals surface area contributed by atoms with Crippen molar-refractivity contribution in [1.29, 1.82) is 5.26 Å². The third-order valence-electron chi connectivity index (χ3n) is 4.88. The van der Waals surface area contributed by atoms with E-state index in [-0.39, 0.29) is 0 Å². The molecule has 2 nitrogen and oxygen atoms in total. The number of hydrogen-bond donors (Lipinski definition) is 1. The van der Waals surface area contributed by atoms with Gasteiger partial charge in [0.1, 0.15) is 11.0 Å². The minimum absolute atomic E-state index is 0.656. The summed E-state index contributed by atoms with van der Waals surface area (Å²) in [7, 11) is 0. The number of aliphatic hydroxyl groups is 1. The molecule has 0 aromatic heterocycles. The maximum Gasteiger partial charge on any atom is 0.115 e. The Bertz CT molecular complexity index is 709. The van der Waals surface area contributed by atoms with Gasteiger partial charge in [0.2, 0.25) is 0 Å². The van der Waals surface area contributed by atoms with Gasteiger partial charge in [-0.3, -0.25) is 0 Å². The molecular weight excluding hydrogens is 258 g/mol. The summed E-state index contributed by atoms with van der Waals surface area (Å²) in [5.74, 6) is 0. The maximum absolute atomic E-state index is 11.3. The van der Waals surface area contributed by atoms with Gasteiger partial charge in [0.05, 0.1) is 6.07 Å². The largest absolute Gasteiger partial charge is 0.383 e. The Morgan fingerprint density at radius 3 is 2.48 bits per heavy atom. The first-order chi connectivity index (χ1) is 10.0. The van der Waals surface area contributed by atoms with Crippen molar-refractivity contribution < 1.29 is 5.11 Å². The number of aryl methyl sites for hydroxylation is 2. The van der Waals surface area contributed by atoms with Gasteiger partial charge >= 0.3 is 0 Å². The number of fused-ring (bicyclic) bond motifs is 1. The molecule has 0 aliphatic heterocycles. The Morgan fingerprint density at radius 2 is 1.81 bits per heavy atom. The van der Waals surface area contributed by atoms with Crippen LogP contribution in [0.1, 0.15) is 35.6 Å². The summed E-state index contributed by atoms with van der Waals surface area (Å²) in [5, 5.41) is 21.2. The van der Waals surface area contributed by atoms with Crippen LogP contribution >= 0.6 is 0 Å². The number of nitriles is 1. The SMILES string of the molecule is Cc1ccc(C(C)(O)C2(C#N)CCc3ccccc32)cc1. The van der Waals surface area contributed by atoms with E-state index in [9.17, 15) is 10.4 Å². The van der Waals surface area contributed by atoms with E-state index in [2.05, 4.69) is 12.1 Å². The molecule has 2 aromatic carbocycles. The van der Waals surface area contributed by atoms with E-state index < -0.39 is 11.0 Å². The second-order valence-corrected chi connectivity index (χ2v) is 6.11. The predicted octanol–water partition coefficient (Wildman–Crippen LogP) is 3.61. The highest BCUT2D eigenvalue weighted by molar-refractivity contribution is 5.49. The second-order valence-electron chi connectivity index (χ2n) is 6.11. The van der Waals surface area contributed by atoms with Crippen LogP contribution in [0.5, 0.6) is 0 Å². The van der Waals surface area contributed by atoms with Gasteiger partial charge in [-0.2, -0.15) is 5.26 Å².